The Kier molecular flexibility index (Phi) is 5.37. The molecule has 0 spiro atoms. The van der Waals surface area contributed by atoms with Crippen LogP contribution in [-0.4, -0.2) is 43.6 Å². The second-order valence-electron chi connectivity index (χ2n) is 4.56. The maximum absolute atomic E-state index is 12.4. The first-order valence-electron chi connectivity index (χ1n) is 6.22. The lowest BCUT2D eigenvalue weighted by atomic mass is 10.1. The van der Waals surface area contributed by atoms with Gasteiger partial charge in [0.05, 0.1) is 19.9 Å². The number of methoxy groups -OCH3 is 2. The first-order chi connectivity index (χ1) is 9.40. The number of carbonyl (C=O) groups is 2. The number of carbonyl (C=O) groups excluding carboxylic acids is 2. The Hall–Kier alpha value is -2.24. The second kappa shape index (κ2) is 6.79. The van der Waals surface area contributed by atoms with E-state index in [1.807, 2.05) is 13.8 Å². The number of esters is 1. The topological polar surface area (TPSA) is 81.9 Å². The van der Waals surface area contributed by atoms with E-state index in [9.17, 15) is 9.59 Å². The van der Waals surface area contributed by atoms with Crippen LogP contribution in [0.3, 0.4) is 0 Å². The minimum Gasteiger partial charge on any atom is -0.495 e. The average molecular weight is 280 g/mol. The highest BCUT2D eigenvalue weighted by atomic mass is 16.5. The lowest BCUT2D eigenvalue weighted by molar-refractivity contribution is -0.141. The Labute approximate surface area is 118 Å². The van der Waals surface area contributed by atoms with Gasteiger partial charge in [-0.05, 0) is 32.0 Å². The zero-order valence-electron chi connectivity index (χ0n) is 12.2. The zero-order valence-corrected chi connectivity index (χ0v) is 12.2. The molecule has 0 aromatic heterocycles. The third kappa shape index (κ3) is 3.63. The van der Waals surface area contributed by atoms with E-state index in [0.717, 1.165) is 0 Å². The maximum atomic E-state index is 12.4. The van der Waals surface area contributed by atoms with Gasteiger partial charge in [0.25, 0.3) is 5.91 Å². The highest BCUT2D eigenvalue weighted by Crippen LogP contribution is 2.23. The van der Waals surface area contributed by atoms with E-state index in [2.05, 4.69) is 4.74 Å². The predicted octanol–water partition coefficient (Wildman–Crippen LogP) is 1.30. The Morgan fingerprint density at radius 3 is 2.40 bits per heavy atom. The van der Waals surface area contributed by atoms with Gasteiger partial charge >= 0.3 is 5.97 Å². The van der Waals surface area contributed by atoms with Gasteiger partial charge in [-0.1, -0.05) is 0 Å². The van der Waals surface area contributed by atoms with E-state index in [-0.39, 0.29) is 18.5 Å². The van der Waals surface area contributed by atoms with Crippen molar-refractivity contribution in [3.63, 3.8) is 0 Å². The monoisotopic (exact) mass is 280 g/mol. The average Bonchev–Trinajstić information content (AvgIpc) is 2.43. The summed E-state index contributed by atoms with van der Waals surface area (Å²) in [5.41, 5.74) is 6.56. The van der Waals surface area contributed by atoms with Gasteiger partial charge in [-0.15, -0.1) is 0 Å². The molecular formula is C14H20N2O4. The van der Waals surface area contributed by atoms with Crippen LogP contribution in [0.25, 0.3) is 0 Å². The van der Waals surface area contributed by atoms with Crippen molar-refractivity contribution in [2.24, 2.45) is 0 Å². The summed E-state index contributed by atoms with van der Waals surface area (Å²) >= 11 is 0. The van der Waals surface area contributed by atoms with Crippen LogP contribution in [0.1, 0.15) is 24.2 Å². The Balaban J connectivity index is 3.00. The molecule has 0 aliphatic rings. The molecule has 1 aromatic carbocycles. The first kappa shape index (κ1) is 15.8. The minimum atomic E-state index is -0.464. The molecule has 0 fully saturated rings. The van der Waals surface area contributed by atoms with Crippen LogP contribution in [-0.2, 0) is 9.53 Å². The number of benzene rings is 1. The number of anilines is 1. The fourth-order valence-electron chi connectivity index (χ4n) is 1.73. The van der Waals surface area contributed by atoms with Crippen LogP contribution >= 0.6 is 0 Å². The van der Waals surface area contributed by atoms with E-state index < -0.39 is 5.97 Å². The van der Waals surface area contributed by atoms with Gasteiger partial charge in [-0.2, -0.15) is 0 Å². The van der Waals surface area contributed by atoms with E-state index >= 15 is 0 Å². The number of ether oxygens (including phenoxy) is 2. The van der Waals surface area contributed by atoms with Crippen molar-refractivity contribution in [1.29, 1.82) is 0 Å². The smallest absolute Gasteiger partial charge is 0.325 e. The molecule has 110 valence electrons. The number of hydrogen-bond acceptors (Lipinski definition) is 5. The van der Waals surface area contributed by atoms with Crippen LogP contribution in [0.5, 0.6) is 5.75 Å². The maximum Gasteiger partial charge on any atom is 0.325 e. The molecule has 0 atom stereocenters. The molecule has 0 radical (unpaired) electrons. The van der Waals surface area contributed by atoms with Gasteiger partial charge in [0.1, 0.15) is 12.3 Å². The zero-order chi connectivity index (χ0) is 15.3. The number of nitrogens with zero attached hydrogens (tertiary/aromatic N) is 1. The number of nitrogen functional groups attached to an aromatic ring is 1. The van der Waals surface area contributed by atoms with Crippen molar-refractivity contribution in [3.05, 3.63) is 23.8 Å². The molecule has 6 nitrogen and oxygen atoms in total. The largest absolute Gasteiger partial charge is 0.495 e. The number of nitrogens with two attached hydrogens (primary N) is 1. The molecule has 1 aromatic rings. The quantitative estimate of drug-likeness (QED) is 0.649. The fraction of sp³-hybridized carbons (Fsp3) is 0.429. The lowest BCUT2D eigenvalue weighted by Gasteiger charge is -2.25. The molecule has 0 saturated carbocycles. The molecule has 0 bridgehead atoms. The van der Waals surface area contributed by atoms with Crippen molar-refractivity contribution in [2.75, 3.05) is 26.5 Å². The van der Waals surface area contributed by atoms with Gasteiger partial charge in [0, 0.05) is 11.6 Å². The molecule has 0 heterocycles. The lowest BCUT2D eigenvalue weighted by Crippen LogP contribution is -2.41. The molecule has 0 unspecified atom stereocenters. The van der Waals surface area contributed by atoms with Gasteiger partial charge < -0.3 is 20.1 Å². The van der Waals surface area contributed by atoms with Crippen LogP contribution in [0.4, 0.5) is 5.69 Å². The fourth-order valence-corrected chi connectivity index (χ4v) is 1.73. The van der Waals surface area contributed by atoms with Crippen molar-refractivity contribution in [3.8, 4) is 5.75 Å². The number of amides is 1. The standard InChI is InChI=1S/C14H20N2O4/c1-9(2)16(8-13(17)20-4)14(18)10-5-6-12(19-3)11(15)7-10/h5-7,9H,8,15H2,1-4H3. The van der Waals surface area contributed by atoms with Crippen LogP contribution < -0.4 is 10.5 Å². The highest BCUT2D eigenvalue weighted by molar-refractivity contribution is 5.97. The predicted molar refractivity (Wildman–Crippen MR) is 75.6 cm³/mol. The van der Waals surface area contributed by atoms with E-state index in [0.29, 0.717) is 17.0 Å². The van der Waals surface area contributed by atoms with Crippen LogP contribution in [0, 0.1) is 0 Å². The van der Waals surface area contributed by atoms with Gasteiger partial charge in [-0.3, -0.25) is 9.59 Å². The molecule has 1 rings (SSSR count). The van der Waals surface area contributed by atoms with Gasteiger partial charge in [-0.25, -0.2) is 0 Å². The molecule has 20 heavy (non-hydrogen) atoms. The summed E-state index contributed by atoms with van der Waals surface area (Å²) in [4.78, 5) is 25.2. The third-order valence-electron chi connectivity index (χ3n) is 2.89. The van der Waals surface area contributed by atoms with Crippen LogP contribution in [0.2, 0.25) is 0 Å². The highest BCUT2D eigenvalue weighted by Gasteiger charge is 2.22. The van der Waals surface area contributed by atoms with Crippen molar-refractivity contribution in [2.45, 2.75) is 19.9 Å². The first-order valence-corrected chi connectivity index (χ1v) is 6.22. The minimum absolute atomic E-state index is 0.0983. The summed E-state index contributed by atoms with van der Waals surface area (Å²) in [7, 11) is 2.79. The van der Waals surface area contributed by atoms with Crippen molar-refractivity contribution >= 4 is 17.6 Å². The molecule has 0 aliphatic heterocycles. The number of hydrogen-bond donors (Lipinski definition) is 1. The summed E-state index contributed by atoms with van der Waals surface area (Å²) in [5, 5.41) is 0. The van der Waals surface area contributed by atoms with E-state index in [1.165, 1.54) is 25.2 Å². The Bertz CT molecular complexity index is 500. The second-order valence-corrected chi connectivity index (χ2v) is 4.56. The summed E-state index contributed by atoms with van der Waals surface area (Å²) in [6.07, 6.45) is 0. The SMILES string of the molecule is COC(=O)CN(C(=O)c1ccc(OC)c(N)c1)C(C)C. The van der Waals surface area contributed by atoms with Gasteiger partial charge in [0.2, 0.25) is 0 Å². The Morgan fingerprint density at radius 1 is 1.30 bits per heavy atom. The van der Waals surface area contributed by atoms with Gasteiger partial charge in [0.15, 0.2) is 0 Å². The number of rotatable bonds is 5. The summed E-state index contributed by atoms with van der Waals surface area (Å²) < 4.78 is 9.65. The summed E-state index contributed by atoms with van der Waals surface area (Å²) in [6.45, 7) is 3.56. The van der Waals surface area contributed by atoms with Crippen LogP contribution in [0.15, 0.2) is 18.2 Å². The molecule has 0 saturated heterocycles. The molecule has 2 N–H and O–H groups in total. The summed E-state index contributed by atoms with van der Waals surface area (Å²) in [5.74, 6) is -0.237. The molecule has 1 amide bonds. The molecule has 0 aliphatic carbocycles. The Morgan fingerprint density at radius 2 is 1.95 bits per heavy atom. The molecule has 6 heteroatoms. The molecular weight excluding hydrogens is 260 g/mol. The normalized spacial score (nSPS) is 10.2. The summed E-state index contributed by atoms with van der Waals surface area (Å²) in [6, 6.07) is 4.64. The van der Waals surface area contributed by atoms with E-state index in [1.54, 1.807) is 12.1 Å². The van der Waals surface area contributed by atoms with Crippen molar-refractivity contribution < 1.29 is 19.1 Å². The van der Waals surface area contributed by atoms with E-state index in [4.69, 9.17) is 10.5 Å². The van der Waals surface area contributed by atoms with Crippen molar-refractivity contribution in [1.82, 2.24) is 4.90 Å². The third-order valence-corrected chi connectivity index (χ3v) is 2.89.